The van der Waals surface area contributed by atoms with E-state index >= 15 is 0 Å². The number of nitrogens with zero attached hydrogens (tertiary/aromatic N) is 1. The Balaban J connectivity index is 2.03. The summed E-state index contributed by atoms with van der Waals surface area (Å²) < 4.78 is 13.3. The van der Waals surface area contributed by atoms with Crippen LogP contribution in [0.5, 0.6) is 5.75 Å². The maximum absolute atomic E-state index is 12.4. The maximum Gasteiger partial charge on any atom is 0.410 e. The van der Waals surface area contributed by atoms with Crippen LogP contribution in [0.3, 0.4) is 0 Å². The van der Waals surface area contributed by atoms with Crippen molar-refractivity contribution < 1.29 is 14.3 Å². The molecule has 0 bridgehead atoms. The second-order valence-corrected chi connectivity index (χ2v) is 8.39. The maximum atomic E-state index is 12.4. The zero-order chi connectivity index (χ0) is 17.0. The molecule has 2 rings (SSSR count). The quantitative estimate of drug-likeness (QED) is 0.622. The van der Waals surface area contributed by atoms with E-state index in [1.54, 1.807) is 4.90 Å². The molecule has 0 radical (unpaired) electrons. The number of carbonyl (C=O) groups is 1. The van der Waals surface area contributed by atoms with Crippen molar-refractivity contribution >= 4 is 38.0 Å². The largest absolute Gasteiger partial charge is 0.489 e. The number of likely N-dealkylation sites (tertiary alicyclic amines) is 1. The van der Waals surface area contributed by atoms with Gasteiger partial charge in [-0.25, -0.2) is 4.79 Å². The number of benzene rings is 1. The van der Waals surface area contributed by atoms with Gasteiger partial charge < -0.3 is 14.4 Å². The number of amides is 1. The van der Waals surface area contributed by atoms with Crippen molar-refractivity contribution in [3.8, 4) is 5.75 Å². The molecule has 1 unspecified atom stereocenters. The van der Waals surface area contributed by atoms with Crippen LogP contribution < -0.4 is 4.74 Å². The number of halogens is 2. The third kappa shape index (κ3) is 5.38. The van der Waals surface area contributed by atoms with Gasteiger partial charge >= 0.3 is 6.09 Å². The predicted octanol–water partition coefficient (Wildman–Crippen LogP) is 5.38. The van der Waals surface area contributed by atoms with Gasteiger partial charge in [-0.2, -0.15) is 0 Å². The van der Waals surface area contributed by atoms with Gasteiger partial charge in [-0.3, -0.25) is 0 Å². The molecule has 0 aromatic heterocycles. The fourth-order valence-corrected chi connectivity index (χ4v) is 3.76. The molecule has 1 aliphatic rings. The topological polar surface area (TPSA) is 38.8 Å². The average Bonchev–Trinajstić information content (AvgIpc) is 2.45. The van der Waals surface area contributed by atoms with Crippen molar-refractivity contribution in [2.24, 2.45) is 0 Å². The Hall–Kier alpha value is -0.750. The fraction of sp³-hybridized carbons (Fsp3) is 0.588. The van der Waals surface area contributed by atoms with Crippen LogP contribution in [0.4, 0.5) is 4.79 Å². The summed E-state index contributed by atoms with van der Waals surface area (Å²) in [6.07, 6.45) is 2.79. The van der Waals surface area contributed by atoms with Crippen molar-refractivity contribution in [1.29, 1.82) is 0 Å². The minimum Gasteiger partial charge on any atom is -0.489 e. The number of para-hydroxylation sites is 1. The van der Waals surface area contributed by atoms with Gasteiger partial charge in [0, 0.05) is 6.54 Å². The first-order chi connectivity index (χ1) is 10.8. The molecule has 1 fully saturated rings. The van der Waals surface area contributed by atoms with Gasteiger partial charge in [0.15, 0.2) is 0 Å². The number of hydrogen-bond acceptors (Lipinski definition) is 3. The first-order valence-electron chi connectivity index (χ1n) is 7.84. The third-order valence-corrected chi connectivity index (χ3v) is 4.84. The third-order valence-electron chi connectivity index (χ3n) is 3.59. The summed E-state index contributed by atoms with van der Waals surface area (Å²) in [6, 6.07) is 5.85. The molecule has 4 nitrogen and oxygen atoms in total. The lowest BCUT2D eigenvalue weighted by Gasteiger charge is -2.36. The van der Waals surface area contributed by atoms with E-state index < -0.39 is 5.60 Å². The second-order valence-electron chi connectivity index (χ2n) is 6.69. The summed E-state index contributed by atoms with van der Waals surface area (Å²) in [6.45, 7) is 6.84. The highest BCUT2D eigenvalue weighted by atomic mass is 79.9. The van der Waals surface area contributed by atoms with Gasteiger partial charge in [-0.05, 0) is 84.0 Å². The molecule has 1 heterocycles. The Bertz CT molecular complexity index is 537. The standard InChI is InChI=1S/C17H23Br2NO3/c1-17(2,3)23-16(21)20-10-5-4-7-12(20)11-22-15-13(18)8-6-9-14(15)19/h6,8-9,12H,4-5,7,10-11H2,1-3H3. The van der Waals surface area contributed by atoms with Gasteiger partial charge in [-0.1, -0.05) is 6.07 Å². The molecule has 23 heavy (non-hydrogen) atoms. The van der Waals surface area contributed by atoms with Gasteiger partial charge in [0.2, 0.25) is 0 Å². The van der Waals surface area contributed by atoms with Crippen LogP contribution in [0.1, 0.15) is 40.0 Å². The van der Waals surface area contributed by atoms with E-state index in [9.17, 15) is 4.79 Å². The van der Waals surface area contributed by atoms with Gasteiger partial charge in [0.05, 0.1) is 15.0 Å². The number of carbonyl (C=O) groups excluding carboxylic acids is 1. The van der Waals surface area contributed by atoms with Crippen molar-refractivity contribution in [2.45, 2.75) is 51.7 Å². The molecule has 1 atom stereocenters. The van der Waals surface area contributed by atoms with Crippen LogP contribution in [0.25, 0.3) is 0 Å². The lowest BCUT2D eigenvalue weighted by atomic mass is 10.0. The normalized spacial score (nSPS) is 18.7. The van der Waals surface area contributed by atoms with Crippen LogP contribution in [0.2, 0.25) is 0 Å². The van der Waals surface area contributed by atoms with E-state index in [0.29, 0.717) is 6.61 Å². The van der Waals surface area contributed by atoms with E-state index in [4.69, 9.17) is 9.47 Å². The highest BCUT2D eigenvalue weighted by Gasteiger charge is 2.31. The summed E-state index contributed by atoms with van der Waals surface area (Å²) in [7, 11) is 0. The Labute approximate surface area is 154 Å². The molecule has 128 valence electrons. The molecular formula is C17H23Br2NO3. The van der Waals surface area contributed by atoms with E-state index in [0.717, 1.165) is 40.5 Å². The van der Waals surface area contributed by atoms with Crippen LogP contribution >= 0.6 is 31.9 Å². The van der Waals surface area contributed by atoms with Gasteiger partial charge in [0.1, 0.15) is 18.0 Å². The summed E-state index contributed by atoms with van der Waals surface area (Å²) in [4.78, 5) is 14.2. The smallest absolute Gasteiger partial charge is 0.410 e. The summed E-state index contributed by atoms with van der Waals surface area (Å²) in [5.74, 6) is 0.766. The van der Waals surface area contributed by atoms with Crippen LogP contribution in [0.15, 0.2) is 27.1 Å². The zero-order valence-electron chi connectivity index (χ0n) is 13.8. The average molecular weight is 449 g/mol. The lowest BCUT2D eigenvalue weighted by molar-refractivity contribution is 0.00353. The monoisotopic (exact) mass is 447 g/mol. The Morgan fingerprint density at radius 1 is 1.26 bits per heavy atom. The SMILES string of the molecule is CC(C)(C)OC(=O)N1CCCCC1COc1c(Br)cccc1Br. The molecule has 6 heteroatoms. The second kappa shape index (κ2) is 7.88. The van der Waals surface area contributed by atoms with Crippen LogP contribution in [0, 0.1) is 0 Å². The highest BCUT2D eigenvalue weighted by molar-refractivity contribution is 9.11. The van der Waals surface area contributed by atoms with Gasteiger partial charge in [0.25, 0.3) is 0 Å². The Morgan fingerprint density at radius 3 is 2.52 bits per heavy atom. The zero-order valence-corrected chi connectivity index (χ0v) is 16.9. The first-order valence-corrected chi connectivity index (χ1v) is 9.43. The first kappa shape index (κ1) is 18.6. The van der Waals surface area contributed by atoms with Gasteiger partial charge in [-0.15, -0.1) is 0 Å². The molecule has 0 spiro atoms. The summed E-state index contributed by atoms with van der Waals surface area (Å²) >= 11 is 6.99. The predicted molar refractivity (Wildman–Crippen MR) is 97.9 cm³/mol. The molecule has 1 amide bonds. The van der Waals surface area contributed by atoms with E-state index in [1.165, 1.54) is 0 Å². The van der Waals surface area contributed by atoms with Crippen LogP contribution in [-0.2, 0) is 4.74 Å². The molecule has 1 aliphatic heterocycles. The van der Waals surface area contributed by atoms with Crippen molar-refractivity contribution in [1.82, 2.24) is 4.90 Å². The lowest BCUT2D eigenvalue weighted by Crippen LogP contribution is -2.48. The molecule has 1 aromatic rings. The van der Waals surface area contributed by atoms with E-state index in [1.807, 2.05) is 39.0 Å². The van der Waals surface area contributed by atoms with Crippen molar-refractivity contribution in [2.75, 3.05) is 13.2 Å². The minimum absolute atomic E-state index is 0.0395. The van der Waals surface area contributed by atoms with Crippen molar-refractivity contribution in [3.05, 3.63) is 27.1 Å². The molecule has 0 saturated carbocycles. The van der Waals surface area contributed by atoms with Crippen LogP contribution in [-0.4, -0.2) is 35.8 Å². The minimum atomic E-state index is -0.481. The fourth-order valence-electron chi connectivity index (χ4n) is 2.53. The summed E-state index contributed by atoms with van der Waals surface area (Å²) in [5, 5.41) is 0. The van der Waals surface area contributed by atoms with Crippen molar-refractivity contribution in [3.63, 3.8) is 0 Å². The molecule has 0 aliphatic carbocycles. The number of ether oxygens (including phenoxy) is 2. The number of piperidine rings is 1. The molecule has 0 N–H and O–H groups in total. The van der Waals surface area contributed by atoms with E-state index in [2.05, 4.69) is 31.9 Å². The number of rotatable bonds is 3. The molecule has 1 aromatic carbocycles. The molecular weight excluding hydrogens is 426 g/mol. The highest BCUT2D eigenvalue weighted by Crippen LogP contribution is 2.33. The van der Waals surface area contributed by atoms with E-state index in [-0.39, 0.29) is 12.1 Å². The number of hydrogen-bond donors (Lipinski definition) is 0. The Kier molecular flexibility index (Phi) is 6.37. The Morgan fingerprint density at radius 2 is 1.91 bits per heavy atom. The summed E-state index contributed by atoms with van der Waals surface area (Å²) in [5.41, 5.74) is -0.481. The molecule has 1 saturated heterocycles.